The zero-order valence-electron chi connectivity index (χ0n) is 13.4. The van der Waals surface area contributed by atoms with E-state index in [0.717, 1.165) is 57.8 Å². The largest absolute Gasteiger partial charge is 0.370 e. The number of aliphatic imine (C=N–C) groups is 1. The average molecular weight is 309 g/mol. The second-order valence-corrected chi connectivity index (χ2v) is 6.11. The summed E-state index contributed by atoms with van der Waals surface area (Å²) >= 11 is 0. The molecule has 0 aromatic heterocycles. The van der Waals surface area contributed by atoms with E-state index in [-0.39, 0.29) is 24.3 Å². The van der Waals surface area contributed by atoms with Crippen LogP contribution in [-0.2, 0) is 9.59 Å². The highest BCUT2D eigenvalue weighted by Gasteiger charge is 2.24. The van der Waals surface area contributed by atoms with Crippen molar-refractivity contribution in [3.05, 3.63) is 0 Å². The summed E-state index contributed by atoms with van der Waals surface area (Å²) in [6.45, 7) is 3.67. The summed E-state index contributed by atoms with van der Waals surface area (Å²) in [6.07, 6.45) is 4.64. The van der Waals surface area contributed by atoms with Crippen LogP contribution in [0.25, 0.3) is 0 Å². The van der Waals surface area contributed by atoms with Gasteiger partial charge >= 0.3 is 0 Å². The highest BCUT2D eigenvalue weighted by molar-refractivity contribution is 5.86. The smallest absolute Gasteiger partial charge is 0.241 e. The second-order valence-electron chi connectivity index (χ2n) is 6.11. The van der Waals surface area contributed by atoms with Crippen LogP contribution < -0.4 is 11.1 Å². The number of primary amides is 1. The van der Waals surface area contributed by atoms with Gasteiger partial charge in [0.2, 0.25) is 11.8 Å². The molecule has 7 nitrogen and oxygen atoms in total. The van der Waals surface area contributed by atoms with E-state index >= 15 is 0 Å². The molecule has 0 spiro atoms. The lowest BCUT2D eigenvalue weighted by Crippen LogP contribution is -2.49. The van der Waals surface area contributed by atoms with E-state index < -0.39 is 0 Å². The van der Waals surface area contributed by atoms with Crippen LogP contribution in [0.1, 0.15) is 32.1 Å². The summed E-state index contributed by atoms with van der Waals surface area (Å²) in [7, 11) is 1.72. The molecule has 2 amide bonds. The van der Waals surface area contributed by atoms with Gasteiger partial charge < -0.3 is 20.9 Å². The van der Waals surface area contributed by atoms with E-state index in [1.54, 1.807) is 7.05 Å². The molecule has 2 aliphatic rings. The Hall–Kier alpha value is -1.79. The molecule has 3 N–H and O–H groups in total. The van der Waals surface area contributed by atoms with Crippen molar-refractivity contribution in [2.45, 2.75) is 32.1 Å². The molecule has 0 aliphatic carbocycles. The monoisotopic (exact) mass is 309 g/mol. The quantitative estimate of drug-likeness (QED) is 0.554. The lowest BCUT2D eigenvalue weighted by molar-refractivity contribution is -0.128. The summed E-state index contributed by atoms with van der Waals surface area (Å²) in [6, 6.07) is 0. The number of nitrogens with zero attached hydrogens (tertiary/aromatic N) is 3. The summed E-state index contributed by atoms with van der Waals surface area (Å²) in [4.78, 5) is 31.5. The number of nitrogens with one attached hydrogen (secondary N) is 1. The lowest BCUT2D eigenvalue weighted by atomic mass is 9.95. The molecule has 22 heavy (non-hydrogen) atoms. The first kappa shape index (κ1) is 16.6. The summed E-state index contributed by atoms with van der Waals surface area (Å²) in [5.41, 5.74) is 5.29. The van der Waals surface area contributed by atoms with Crippen molar-refractivity contribution >= 4 is 17.8 Å². The molecule has 0 saturated carbocycles. The average Bonchev–Trinajstić information content (AvgIpc) is 3.01. The number of amides is 2. The molecular weight excluding hydrogens is 282 g/mol. The maximum Gasteiger partial charge on any atom is 0.241 e. The van der Waals surface area contributed by atoms with E-state index in [1.165, 1.54) is 0 Å². The Kier molecular flexibility index (Phi) is 6.03. The fourth-order valence-corrected chi connectivity index (χ4v) is 3.27. The topological polar surface area (TPSA) is 91.0 Å². The van der Waals surface area contributed by atoms with Crippen LogP contribution in [0.4, 0.5) is 0 Å². The number of carbonyl (C=O) groups is 2. The minimum absolute atomic E-state index is 0.129. The van der Waals surface area contributed by atoms with Crippen molar-refractivity contribution in [3.63, 3.8) is 0 Å². The van der Waals surface area contributed by atoms with Crippen molar-refractivity contribution in [2.24, 2.45) is 16.6 Å². The second kappa shape index (κ2) is 8.00. The first-order valence-electron chi connectivity index (χ1n) is 8.12. The molecule has 2 saturated heterocycles. The lowest BCUT2D eigenvalue weighted by Gasteiger charge is -2.34. The Labute approximate surface area is 131 Å². The minimum atomic E-state index is -0.251. The summed E-state index contributed by atoms with van der Waals surface area (Å²) in [5.74, 6) is 0.893. The van der Waals surface area contributed by atoms with Gasteiger partial charge in [0.1, 0.15) is 0 Å². The van der Waals surface area contributed by atoms with Crippen LogP contribution in [-0.4, -0.2) is 67.3 Å². The van der Waals surface area contributed by atoms with Crippen molar-refractivity contribution < 1.29 is 9.59 Å². The van der Waals surface area contributed by atoms with Gasteiger partial charge in [0, 0.05) is 39.6 Å². The first-order chi connectivity index (χ1) is 10.6. The maximum absolute atomic E-state index is 12.1. The molecule has 2 heterocycles. The van der Waals surface area contributed by atoms with Crippen LogP contribution in [0, 0.1) is 5.92 Å². The highest BCUT2D eigenvalue weighted by atomic mass is 16.2. The van der Waals surface area contributed by atoms with Gasteiger partial charge in [-0.15, -0.1) is 0 Å². The van der Waals surface area contributed by atoms with Gasteiger partial charge in [-0.05, 0) is 31.6 Å². The molecule has 0 aromatic carbocycles. The molecule has 7 heteroatoms. The minimum Gasteiger partial charge on any atom is -0.370 e. The molecule has 1 atom stereocenters. The Morgan fingerprint density at radius 2 is 1.86 bits per heavy atom. The van der Waals surface area contributed by atoms with E-state index in [4.69, 9.17) is 5.73 Å². The SMILES string of the molecule is CN=C(NCC(=O)N1CCCC1)N1CCCC(CC(N)=O)C1. The number of nitrogens with two attached hydrogens (primary N) is 1. The zero-order valence-corrected chi connectivity index (χ0v) is 13.4. The molecule has 0 aromatic rings. The summed E-state index contributed by atoms with van der Waals surface area (Å²) < 4.78 is 0. The first-order valence-corrected chi connectivity index (χ1v) is 8.12. The van der Waals surface area contributed by atoms with E-state index in [1.807, 2.05) is 4.90 Å². The van der Waals surface area contributed by atoms with Gasteiger partial charge in [0.25, 0.3) is 0 Å². The third kappa shape index (κ3) is 4.61. The maximum atomic E-state index is 12.1. The molecule has 2 fully saturated rings. The van der Waals surface area contributed by atoms with Gasteiger partial charge in [-0.25, -0.2) is 0 Å². The number of hydrogen-bond donors (Lipinski definition) is 2. The van der Waals surface area contributed by atoms with Crippen LogP contribution >= 0.6 is 0 Å². The molecule has 2 rings (SSSR count). The molecule has 124 valence electrons. The van der Waals surface area contributed by atoms with E-state index in [0.29, 0.717) is 6.42 Å². The number of likely N-dealkylation sites (tertiary alicyclic amines) is 2. The Bertz CT molecular complexity index is 432. The number of rotatable bonds is 4. The van der Waals surface area contributed by atoms with E-state index in [2.05, 4.69) is 15.2 Å². The van der Waals surface area contributed by atoms with Crippen LogP contribution in [0.3, 0.4) is 0 Å². The van der Waals surface area contributed by atoms with Gasteiger partial charge in [0.15, 0.2) is 5.96 Å². The molecule has 0 bridgehead atoms. The van der Waals surface area contributed by atoms with Gasteiger partial charge in [0.05, 0.1) is 6.54 Å². The molecule has 1 unspecified atom stereocenters. The fraction of sp³-hybridized carbons (Fsp3) is 0.800. The highest BCUT2D eigenvalue weighted by Crippen LogP contribution is 2.19. The normalized spacial score (nSPS) is 22.8. The predicted molar refractivity (Wildman–Crippen MR) is 85.3 cm³/mol. The van der Waals surface area contributed by atoms with Gasteiger partial charge in [-0.1, -0.05) is 0 Å². The third-order valence-electron chi connectivity index (χ3n) is 4.38. The fourth-order valence-electron chi connectivity index (χ4n) is 3.27. The molecule has 2 aliphatic heterocycles. The van der Waals surface area contributed by atoms with Crippen molar-refractivity contribution in [1.29, 1.82) is 0 Å². The number of piperidine rings is 1. The van der Waals surface area contributed by atoms with Crippen LogP contribution in [0.5, 0.6) is 0 Å². The molecule has 0 radical (unpaired) electrons. The summed E-state index contributed by atoms with van der Waals surface area (Å²) in [5, 5.41) is 3.16. The molecular formula is C15H27N5O2. The Balaban J connectivity index is 1.82. The Morgan fingerprint density at radius 1 is 1.18 bits per heavy atom. The van der Waals surface area contributed by atoms with Crippen molar-refractivity contribution in [2.75, 3.05) is 39.8 Å². The van der Waals surface area contributed by atoms with Crippen molar-refractivity contribution in [3.8, 4) is 0 Å². The zero-order chi connectivity index (χ0) is 15.9. The standard InChI is InChI=1S/C15H27N5O2/c1-17-15(18-10-14(22)19-6-2-3-7-19)20-8-4-5-12(11-20)9-13(16)21/h12H,2-11H2,1H3,(H2,16,21)(H,17,18). The Morgan fingerprint density at radius 3 is 2.50 bits per heavy atom. The number of carbonyl (C=O) groups excluding carboxylic acids is 2. The number of guanidine groups is 1. The number of hydrogen-bond acceptors (Lipinski definition) is 3. The van der Waals surface area contributed by atoms with Gasteiger partial charge in [-0.2, -0.15) is 0 Å². The predicted octanol–water partition coefficient (Wildman–Crippen LogP) is -0.228. The van der Waals surface area contributed by atoms with Crippen LogP contribution in [0.2, 0.25) is 0 Å². The van der Waals surface area contributed by atoms with Crippen LogP contribution in [0.15, 0.2) is 4.99 Å². The third-order valence-corrected chi connectivity index (χ3v) is 4.38. The van der Waals surface area contributed by atoms with Gasteiger partial charge in [-0.3, -0.25) is 14.6 Å². The van der Waals surface area contributed by atoms with E-state index in [9.17, 15) is 9.59 Å². The van der Waals surface area contributed by atoms with Crippen molar-refractivity contribution in [1.82, 2.24) is 15.1 Å².